The Balaban J connectivity index is 0. The van der Waals surface area contributed by atoms with Gasteiger partial charge < -0.3 is 20.4 Å². The molecule has 0 aromatic heterocycles. The van der Waals surface area contributed by atoms with E-state index in [1.165, 1.54) is 0 Å². The molecule has 0 aliphatic carbocycles. The molecular formula is C12H26O5. The van der Waals surface area contributed by atoms with Gasteiger partial charge in [0.25, 0.3) is 0 Å². The van der Waals surface area contributed by atoms with Gasteiger partial charge in [-0.15, -0.1) is 0 Å². The van der Waals surface area contributed by atoms with Gasteiger partial charge >= 0.3 is 5.97 Å². The quantitative estimate of drug-likeness (QED) is 0.458. The van der Waals surface area contributed by atoms with Crippen molar-refractivity contribution < 1.29 is 25.2 Å². The number of aliphatic hydroxyl groups is 3. The van der Waals surface area contributed by atoms with E-state index < -0.39 is 5.97 Å². The Morgan fingerprint density at radius 1 is 1.06 bits per heavy atom. The highest BCUT2D eigenvalue weighted by Gasteiger charge is 2.03. The maximum atomic E-state index is 9.87. The first-order chi connectivity index (χ1) is 8.12. The third kappa shape index (κ3) is 17.9. The number of aliphatic hydroxyl groups excluding tert-OH is 3. The van der Waals surface area contributed by atoms with Crippen LogP contribution in [0.15, 0.2) is 0 Å². The predicted molar refractivity (Wildman–Crippen MR) is 65.8 cm³/mol. The topological polar surface area (TPSA) is 98.0 Å². The van der Waals surface area contributed by atoms with Gasteiger partial charge in [0, 0.05) is 32.2 Å². The molecule has 0 bridgehead atoms. The van der Waals surface area contributed by atoms with Crippen LogP contribution in [0, 0.1) is 5.92 Å². The summed E-state index contributed by atoms with van der Waals surface area (Å²) in [6, 6.07) is 0. The number of aliphatic carboxylic acids is 1. The number of carbonyl (C=O) groups is 1. The summed E-state index contributed by atoms with van der Waals surface area (Å²) in [6.07, 6.45) is 4.63. The Hall–Kier alpha value is -0.650. The van der Waals surface area contributed by atoms with Crippen LogP contribution in [-0.2, 0) is 4.79 Å². The van der Waals surface area contributed by atoms with E-state index in [0.717, 1.165) is 19.3 Å². The van der Waals surface area contributed by atoms with Crippen LogP contribution in [0.3, 0.4) is 0 Å². The molecule has 0 aromatic carbocycles. The minimum Gasteiger partial charge on any atom is -0.481 e. The molecule has 4 N–H and O–H groups in total. The van der Waals surface area contributed by atoms with E-state index in [1.54, 1.807) is 0 Å². The standard InChI is InChI=1S/C6H14O3.C6H12O2/c7-3-1-2-6(4-8)5-9;1-2-3-4-5-6(7)8/h6-9H,1-5H2;2-5H2,1H3,(H,7,8). The van der Waals surface area contributed by atoms with Crippen molar-refractivity contribution in [3.05, 3.63) is 0 Å². The molecule has 0 aliphatic rings. The van der Waals surface area contributed by atoms with Crippen LogP contribution in [0.25, 0.3) is 0 Å². The maximum Gasteiger partial charge on any atom is 0.303 e. The molecule has 0 saturated heterocycles. The lowest BCUT2D eigenvalue weighted by Gasteiger charge is -2.07. The molecule has 0 rings (SSSR count). The number of unbranched alkanes of at least 4 members (excludes halogenated alkanes) is 2. The molecule has 0 fully saturated rings. The number of carboxylic acids is 1. The summed E-state index contributed by atoms with van der Waals surface area (Å²) >= 11 is 0. The monoisotopic (exact) mass is 250 g/mol. The zero-order valence-electron chi connectivity index (χ0n) is 10.6. The van der Waals surface area contributed by atoms with Crippen molar-refractivity contribution in [2.24, 2.45) is 5.92 Å². The zero-order chi connectivity index (χ0) is 13.5. The minimum atomic E-state index is -0.682. The van der Waals surface area contributed by atoms with Gasteiger partial charge in [0.15, 0.2) is 0 Å². The summed E-state index contributed by atoms with van der Waals surface area (Å²) in [4.78, 5) is 9.87. The first-order valence-electron chi connectivity index (χ1n) is 6.16. The van der Waals surface area contributed by atoms with Crippen molar-refractivity contribution in [3.63, 3.8) is 0 Å². The van der Waals surface area contributed by atoms with E-state index in [1.807, 2.05) is 0 Å². The lowest BCUT2D eigenvalue weighted by Crippen LogP contribution is -2.11. The summed E-state index contributed by atoms with van der Waals surface area (Å²) in [6.45, 7) is 2.21. The second-order valence-corrected chi connectivity index (χ2v) is 3.95. The molecule has 0 heterocycles. The fourth-order valence-corrected chi connectivity index (χ4v) is 1.15. The van der Waals surface area contributed by atoms with Gasteiger partial charge in [0.2, 0.25) is 0 Å². The van der Waals surface area contributed by atoms with E-state index in [2.05, 4.69) is 6.92 Å². The van der Waals surface area contributed by atoms with Crippen LogP contribution in [0.2, 0.25) is 0 Å². The lowest BCUT2D eigenvalue weighted by molar-refractivity contribution is -0.137. The lowest BCUT2D eigenvalue weighted by atomic mass is 10.1. The minimum absolute atomic E-state index is 0.0104. The molecule has 17 heavy (non-hydrogen) atoms. The highest BCUT2D eigenvalue weighted by molar-refractivity contribution is 5.66. The summed E-state index contributed by atoms with van der Waals surface area (Å²) in [7, 11) is 0. The highest BCUT2D eigenvalue weighted by atomic mass is 16.4. The number of hydrogen-bond acceptors (Lipinski definition) is 4. The summed E-state index contributed by atoms with van der Waals surface area (Å²) in [5, 5.41) is 33.5. The average Bonchev–Trinajstić information content (AvgIpc) is 2.31. The first kappa shape index (κ1) is 18.7. The van der Waals surface area contributed by atoms with Crippen LogP contribution in [0.1, 0.15) is 45.4 Å². The van der Waals surface area contributed by atoms with Crippen LogP contribution in [0.5, 0.6) is 0 Å². The van der Waals surface area contributed by atoms with Crippen molar-refractivity contribution in [2.75, 3.05) is 19.8 Å². The summed E-state index contributed by atoms with van der Waals surface area (Å²) in [5.41, 5.74) is 0. The van der Waals surface area contributed by atoms with Crippen LogP contribution in [0.4, 0.5) is 0 Å². The van der Waals surface area contributed by atoms with Gasteiger partial charge in [-0.3, -0.25) is 4.79 Å². The van der Waals surface area contributed by atoms with E-state index >= 15 is 0 Å². The van der Waals surface area contributed by atoms with Crippen molar-refractivity contribution in [2.45, 2.75) is 45.4 Å². The molecule has 0 saturated carbocycles. The average molecular weight is 250 g/mol. The van der Waals surface area contributed by atoms with E-state index in [4.69, 9.17) is 20.4 Å². The maximum absolute atomic E-state index is 9.87. The third-order valence-corrected chi connectivity index (χ3v) is 2.28. The molecule has 0 aromatic rings. The number of hydrogen-bond donors (Lipinski definition) is 4. The smallest absolute Gasteiger partial charge is 0.303 e. The number of rotatable bonds is 9. The second kappa shape index (κ2) is 15.4. The Labute approximate surface area is 103 Å². The van der Waals surface area contributed by atoms with Gasteiger partial charge in [-0.1, -0.05) is 19.8 Å². The molecule has 0 atom stereocenters. The summed E-state index contributed by atoms with van der Waals surface area (Å²) in [5.74, 6) is -0.726. The fraction of sp³-hybridized carbons (Fsp3) is 0.917. The van der Waals surface area contributed by atoms with E-state index in [0.29, 0.717) is 19.3 Å². The molecule has 5 nitrogen and oxygen atoms in total. The zero-order valence-corrected chi connectivity index (χ0v) is 10.6. The molecule has 0 aliphatic heterocycles. The van der Waals surface area contributed by atoms with E-state index in [-0.39, 0.29) is 25.7 Å². The Morgan fingerprint density at radius 3 is 2.00 bits per heavy atom. The fourth-order valence-electron chi connectivity index (χ4n) is 1.15. The largest absolute Gasteiger partial charge is 0.481 e. The molecule has 0 amide bonds. The van der Waals surface area contributed by atoms with Crippen molar-refractivity contribution >= 4 is 5.97 Å². The van der Waals surface area contributed by atoms with Crippen LogP contribution < -0.4 is 0 Å². The Morgan fingerprint density at radius 2 is 1.65 bits per heavy atom. The SMILES string of the molecule is CCCCCC(=O)O.OCCCC(CO)CO. The van der Waals surface area contributed by atoms with Crippen LogP contribution in [-0.4, -0.2) is 46.2 Å². The molecular weight excluding hydrogens is 224 g/mol. The van der Waals surface area contributed by atoms with Gasteiger partial charge in [0.05, 0.1) is 0 Å². The summed E-state index contributed by atoms with van der Waals surface area (Å²) < 4.78 is 0. The second-order valence-electron chi connectivity index (χ2n) is 3.95. The van der Waals surface area contributed by atoms with Crippen molar-refractivity contribution in [1.29, 1.82) is 0 Å². The molecule has 0 radical (unpaired) electrons. The molecule has 0 spiro atoms. The number of carboxylic acid groups (broad SMARTS) is 1. The Kier molecular flexibility index (Phi) is 16.9. The Bertz CT molecular complexity index is 157. The predicted octanol–water partition coefficient (Wildman–Crippen LogP) is 1.01. The van der Waals surface area contributed by atoms with Gasteiger partial charge in [-0.25, -0.2) is 0 Å². The normalized spacial score (nSPS) is 9.94. The molecule has 104 valence electrons. The van der Waals surface area contributed by atoms with Crippen molar-refractivity contribution in [1.82, 2.24) is 0 Å². The van der Waals surface area contributed by atoms with Gasteiger partial charge in [-0.2, -0.15) is 0 Å². The third-order valence-electron chi connectivity index (χ3n) is 2.28. The highest BCUT2D eigenvalue weighted by Crippen LogP contribution is 2.02. The molecule has 5 heteroatoms. The van der Waals surface area contributed by atoms with Crippen LogP contribution >= 0.6 is 0 Å². The van der Waals surface area contributed by atoms with Crippen molar-refractivity contribution in [3.8, 4) is 0 Å². The first-order valence-corrected chi connectivity index (χ1v) is 6.16. The van der Waals surface area contributed by atoms with E-state index in [9.17, 15) is 4.79 Å². The molecule has 0 unspecified atom stereocenters. The van der Waals surface area contributed by atoms with Gasteiger partial charge in [0.1, 0.15) is 0 Å². The van der Waals surface area contributed by atoms with Gasteiger partial charge in [-0.05, 0) is 19.3 Å².